The molecule has 4 aliphatic carbocycles. The van der Waals surface area contributed by atoms with Crippen LogP contribution in [-0.4, -0.2) is 106 Å². The lowest BCUT2D eigenvalue weighted by Gasteiger charge is -2.65. The maximum atomic E-state index is 12.5. The Labute approximate surface area is 232 Å². The van der Waals surface area contributed by atoms with Crippen molar-refractivity contribution in [3.05, 3.63) is 11.6 Å². The summed E-state index contributed by atoms with van der Waals surface area (Å²) in [5.74, 6) is -0.0759. The normalized spacial score (nSPS) is 43.8. The number of hydrogen-bond acceptors (Lipinski definition) is 9. The maximum Gasteiger partial charge on any atom is 0.331 e. The Morgan fingerprint density at radius 2 is 1.77 bits per heavy atom. The van der Waals surface area contributed by atoms with Gasteiger partial charge in [0.1, 0.15) is 6.61 Å². The van der Waals surface area contributed by atoms with Crippen LogP contribution in [0.4, 0.5) is 0 Å². The number of ether oxygens (including phenoxy) is 1. The fourth-order valence-corrected chi connectivity index (χ4v) is 9.59. The first-order valence-electron chi connectivity index (χ1n) is 15.1. The number of aliphatic hydroxyl groups excluding tert-OH is 3. The molecule has 9 heteroatoms. The zero-order chi connectivity index (χ0) is 27.9. The van der Waals surface area contributed by atoms with E-state index in [9.17, 15) is 30.3 Å². The molecule has 5 unspecified atom stereocenters. The molecule has 9 nitrogen and oxygen atoms in total. The minimum absolute atomic E-state index is 0.0199. The van der Waals surface area contributed by atoms with Crippen molar-refractivity contribution < 1.29 is 35.1 Å². The molecular weight excluding hydrogens is 500 g/mol. The Kier molecular flexibility index (Phi) is 8.32. The number of rotatable bonds is 10. The van der Waals surface area contributed by atoms with Crippen LogP contribution < -0.4 is 0 Å². The molecular formula is C30H48N2O7. The number of aliphatic hydroxyl groups is 5. The summed E-state index contributed by atoms with van der Waals surface area (Å²) in [7, 11) is 0. The fraction of sp³-hybridized carbons (Fsp3) is 0.867. The van der Waals surface area contributed by atoms with Crippen LogP contribution in [0.5, 0.6) is 0 Å². The van der Waals surface area contributed by atoms with Crippen LogP contribution in [0.25, 0.3) is 0 Å². The van der Waals surface area contributed by atoms with Gasteiger partial charge in [0.25, 0.3) is 0 Å². The molecule has 4 saturated carbocycles. The van der Waals surface area contributed by atoms with Crippen LogP contribution >= 0.6 is 0 Å². The number of esters is 1. The van der Waals surface area contributed by atoms with E-state index >= 15 is 0 Å². The van der Waals surface area contributed by atoms with Gasteiger partial charge in [-0.3, -0.25) is 9.89 Å². The topological polar surface area (TPSA) is 143 Å². The predicted molar refractivity (Wildman–Crippen MR) is 146 cm³/mol. The second kappa shape index (κ2) is 11.1. The van der Waals surface area contributed by atoms with Crippen LogP contribution in [-0.2, 0) is 9.53 Å². The van der Waals surface area contributed by atoms with Crippen LogP contribution in [0.1, 0.15) is 71.1 Å². The van der Waals surface area contributed by atoms with Crippen molar-refractivity contribution in [3.8, 4) is 0 Å². The zero-order valence-electron chi connectivity index (χ0n) is 23.4. The highest BCUT2D eigenvalue weighted by Gasteiger charge is 2.71. The van der Waals surface area contributed by atoms with E-state index in [1.54, 1.807) is 6.08 Å². The number of carbonyl (C=O) groups is 1. The van der Waals surface area contributed by atoms with Crippen molar-refractivity contribution in [1.82, 2.24) is 4.90 Å². The van der Waals surface area contributed by atoms with Crippen LogP contribution in [0.3, 0.4) is 0 Å². The molecule has 0 aromatic heterocycles. The molecule has 5 aliphatic rings. The van der Waals surface area contributed by atoms with Gasteiger partial charge in [-0.25, -0.2) is 4.79 Å². The summed E-state index contributed by atoms with van der Waals surface area (Å²) < 4.78 is 5.24. The van der Waals surface area contributed by atoms with E-state index in [0.717, 1.165) is 37.8 Å². The summed E-state index contributed by atoms with van der Waals surface area (Å²) in [5.41, 5.74) is -1.87. The van der Waals surface area contributed by atoms with Crippen molar-refractivity contribution in [2.24, 2.45) is 33.6 Å². The molecule has 39 heavy (non-hydrogen) atoms. The SMILES string of the molecule is C[C@]12CC[C@H]3C(CCC4(O)CC(O)CC[C@]34C=NCCCN(CCO)CCO)C1(O)CCC2C1=CC(=O)OC1. The van der Waals surface area contributed by atoms with Gasteiger partial charge in [0, 0.05) is 55.7 Å². The summed E-state index contributed by atoms with van der Waals surface area (Å²) in [5, 5.41) is 53.7. The molecule has 220 valence electrons. The Balaban J connectivity index is 1.38. The molecule has 1 aliphatic heterocycles. The fourth-order valence-electron chi connectivity index (χ4n) is 9.59. The summed E-state index contributed by atoms with van der Waals surface area (Å²) in [6, 6.07) is 0. The maximum absolute atomic E-state index is 12.5. The quantitative estimate of drug-likeness (QED) is 0.157. The first-order chi connectivity index (χ1) is 18.6. The lowest BCUT2D eigenvalue weighted by atomic mass is 9.41. The summed E-state index contributed by atoms with van der Waals surface area (Å²) in [6.45, 7) is 4.96. The van der Waals surface area contributed by atoms with E-state index in [-0.39, 0.29) is 42.4 Å². The average molecular weight is 549 g/mol. The summed E-state index contributed by atoms with van der Waals surface area (Å²) in [4.78, 5) is 18.7. The Hall–Kier alpha value is -1.36. The Morgan fingerprint density at radius 1 is 1.03 bits per heavy atom. The third-order valence-corrected chi connectivity index (χ3v) is 11.6. The molecule has 0 saturated heterocycles. The second-order valence-electron chi connectivity index (χ2n) is 13.2. The van der Waals surface area contributed by atoms with E-state index in [1.807, 2.05) is 11.1 Å². The third-order valence-electron chi connectivity index (χ3n) is 11.6. The van der Waals surface area contributed by atoms with Crippen molar-refractivity contribution in [2.75, 3.05) is 46.0 Å². The van der Waals surface area contributed by atoms with Gasteiger partial charge in [0.15, 0.2) is 0 Å². The molecule has 0 radical (unpaired) electrons. The monoisotopic (exact) mass is 548 g/mol. The van der Waals surface area contributed by atoms with Crippen LogP contribution in [0.15, 0.2) is 16.6 Å². The van der Waals surface area contributed by atoms with E-state index < -0.39 is 22.7 Å². The molecule has 0 aromatic rings. The van der Waals surface area contributed by atoms with Gasteiger partial charge < -0.3 is 30.3 Å². The Bertz CT molecular complexity index is 967. The second-order valence-corrected chi connectivity index (χ2v) is 13.2. The average Bonchev–Trinajstić information content (AvgIpc) is 3.43. The lowest BCUT2D eigenvalue weighted by Crippen LogP contribution is -2.68. The van der Waals surface area contributed by atoms with Gasteiger partial charge in [0.2, 0.25) is 0 Å². The number of hydrogen-bond donors (Lipinski definition) is 5. The minimum atomic E-state index is -1.05. The minimum Gasteiger partial charge on any atom is -0.458 e. The number of nitrogens with zero attached hydrogens (tertiary/aromatic N) is 2. The van der Waals surface area contributed by atoms with Crippen LogP contribution in [0.2, 0.25) is 0 Å². The standard InChI is InChI=1S/C30H48N2O7/c1-27-7-4-24-25(30(27,38)10-6-23(27)21-17-26(36)39-19-21)5-9-29(37)18-22(35)3-8-28(24,29)20-31-11-2-12-32(13-15-33)14-16-34/h17,20,22-25,33-35,37-38H,2-16,18-19H2,1H3/t22?,23?,24-,25?,27+,28-,29?,30?/m0/s1. The molecule has 4 fully saturated rings. The lowest BCUT2D eigenvalue weighted by molar-refractivity contribution is -0.237. The first-order valence-corrected chi connectivity index (χ1v) is 15.1. The highest BCUT2D eigenvalue weighted by Crippen LogP contribution is 2.70. The highest BCUT2D eigenvalue weighted by atomic mass is 16.5. The predicted octanol–water partition coefficient (Wildman–Crippen LogP) is 1.45. The van der Waals surface area contributed by atoms with Crippen molar-refractivity contribution in [3.63, 3.8) is 0 Å². The van der Waals surface area contributed by atoms with Gasteiger partial charge >= 0.3 is 5.97 Å². The highest BCUT2D eigenvalue weighted by molar-refractivity contribution is 5.85. The van der Waals surface area contributed by atoms with Crippen molar-refractivity contribution >= 4 is 12.2 Å². The van der Waals surface area contributed by atoms with Gasteiger partial charge in [-0.05, 0) is 81.1 Å². The number of cyclic esters (lactones) is 1. The van der Waals surface area contributed by atoms with Gasteiger partial charge in [-0.15, -0.1) is 0 Å². The Morgan fingerprint density at radius 3 is 2.46 bits per heavy atom. The molecule has 5 N–H and O–H groups in total. The summed E-state index contributed by atoms with van der Waals surface area (Å²) in [6.07, 6.45) is 9.94. The van der Waals surface area contributed by atoms with Crippen molar-refractivity contribution in [2.45, 2.75) is 88.4 Å². The third kappa shape index (κ3) is 4.81. The number of fused-ring (bicyclic) bond motifs is 5. The first kappa shape index (κ1) is 29.1. The molecule has 0 bridgehead atoms. The molecule has 1 heterocycles. The van der Waals surface area contributed by atoms with E-state index in [4.69, 9.17) is 9.73 Å². The summed E-state index contributed by atoms with van der Waals surface area (Å²) >= 11 is 0. The van der Waals surface area contributed by atoms with Crippen LogP contribution in [0, 0.1) is 28.6 Å². The number of aliphatic imine (C=N–C) groups is 1. The molecule has 0 spiro atoms. The molecule has 5 rings (SSSR count). The van der Waals surface area contributed by atoms with Gasteiger partial charge in [-0.1, -0.05) is 6.92 Å². The van der Waals surface area contributed by atoms with Crippen molar-refractivity contribution in [1.29, 1.82) is 0 Å². The smallest absolute Gasteiger partial charge is 0.331 e. The largest absolute Gasteiger partial charge is 0.458 e. The van der Waals surface area contributed by atoms with E-state index in [2.05, 4.69) is 6.92 Å². The molecule has 0 aromatic carbocycles. The zero-order valence-corrected chi connectivity index (χ0v) is 23.4. The van der Waals surface area contributed by atoms with E-state index in [0.29, 0.717) is 64.8 Å². The van der Waals surface area contributed by atoms with Gasteiger partial charge in [-0.2, -0.15) is 0 Å². The molecule has 8 atom stereocenters. The van der Waals surface area contributed by atoms with Gasteiger partial charge in [0.05, 0.1) is 30.5 Å². The number of carbonyl (C=O) groups excluding carboxylic acids is 1. The van der Waals surface area contributed by atoms with E-state index in [1.165, 1.54) is 0 Å². The molecule has 0 amide bonds.